The number of rotatable bonds is 16. The Morgan fingerprint density at radius 2 is 0.976 bits per heavy atom. The van der Waals surface area contributed by atoms with Crippen LogP contribution in [0.5, 0.6) is 5.75 Å². The highest BCUT2D eigenvalue weighted by Gasteiger charge is 2.37. The minimum Gasteiger partial charge on any atom is -0.497 e. The molecule has 12 N–H and O–H groups in total. The molecule has 13 aromatic heterocycles. The number of Topliss-reactive ketones (excluding diaryl/α,β-unsaturated/α-hetero) is 8. The fourth-order valence-electron chi connectivity index (χ4n) is 15.0. The molecule has 0 radical (unpaired) electrons. The van der Waals surface area contributed by atoms with Crippen molar-refractivity contribution in [3.8, 4) is 27.4 Å². The predicted octanol–water partition coefficient (Wildman–Crippen LogP) is 20.9. The second kappa shape index (κ2) is 38.8. The van der Waals surface area contributed by atoms with Crippen molar-refractivity contribution < 1.29 is 65.7 Å². The van der Waals surface area contributed by atoms with Crippen LogP contribution in [0.2, 0.25) is 0 Å². The van der Waals surface area contributed by atoms with Crippen LogP contribution in [0.1, 0.15) is 196 Å². The molecule has 0 spiro atoms. The number of hydrogen-bond donors (Lipinski definition) is 6. The Kier molecular flexibility index (Phi) is 28.7. The lowest BCUT2D eigenvalue weighted by Crippen LogP contribution is -2.37. The second-order valence-electron chi connectivity index (χ2n) is 29.7. The van der Waals surface area contributed by atoms with E-state index >= 15 is 0 Å². The van der Waals surface area contributed by atoms with Crippen molar-refractivity contribution >= 4 is 227 Å². The van der Waals surface area contributed by atoms with E-state index in [0.717, 1.165) is 154 Å². The molecule has 24 nitrogen and oxygen atoms in total. The Morgan fingerprint density at radius 3 is 1.51 bits per heavy atom. The summed E-state index contributed by atoms with van der Waals surface area (Å²) in [5.74, 6) is 1.24. The first-order valence-corrected chi connectivity index (χ1v) is 45.0. The van der Waals surface area contributed by atoms with Crippen molar-refractivity contribution in [2.24, 2.45) is 0 Å². The van der Waals surface area contributed by atoms with E-state index in [4.69, 9.17) is 53.6 Å². The van der Waals surface area contributed by atoms with Gasteiger partial charge in [0.25, 0.3) is 0 Å². The predicted molar refractivity (Wildman–Crippen MR) is 503 cm³/mol. The first-order chi connectivity index (χ1) is 59.3. The zero-order valence-electron chi connectivity index (χ0n) is 70.9. The van der Waals surface area contributed by atoms with Gasteiger partial charge >= 0.3 is 6.18 Å². The van der Waals surface area contributed by atoms with Crippen LogP contribution in [-0.2, 0) is 41.5 Å². The lowest BCUT2D eigenvalue weighted by Gasteiger charge is -2.31. The summed E-state index contributed by atoms with van der Waals surface area (Å²) >= 11 is 8.91. The number of carbonyl (C=O) groups excluding carboxylic acids is 8. The number of pyridine rings is 6. The summed E-state index contributed by atoms with van der Waals surface area (Å²) in [4.78, 5) is 132. The van der Waals surface area contributed by atoms with Crippen LogP contribution in [0.3, 0.4) is 0 Å². The third-order valence-electron chi connectivity index (χ3n) is 20.8. The number of aromatic nitrogens is 6. The first kappa shape index (κ1) is 92.5. The average molecular weight is 1820 g/mol. The summed E-state index contributed by atoms with van der Waals surface area (Å²) in [6, 6.07) is 26.8. The van der Waals surface area contributed by atoms with Crippen LogP contribution in [0.4, 0.5) is 53.1 Å². The number of ketones is 8. The Morgan fingerprint density at radius 1 is 0.488 bits per heavy atom. The number of halogens is 3. The Hall–Kier alpha value is -11.7. The van der Waals surface area contributed by atoms with Gasteiger partial charge in [-0.2, -0.15) is 13.2 Å². The minimum absolute atomic E-state index is 0.00292. The molecular formula is C91H90F3N13O11S7. The molecule has 34 heteroatoms. The van der Waals surface area contributed by atoms with Gasteiger partial charge in [0.15, 0.2) is 46.3 Å². The third kappa shape index (κ3) is 19.5. The van der Waals surface area contributed by atoms with Crippen molar-refractivity contribution in [1.29, 1.82) is 0 Å². The molecule has 1 saturated heterocycles. The number of fused-ring (bicyclic) bond motifs is 8. The van der Waals surface area contributed by atoms with Crippen LogP contribution in [0.15, 0.2) is 96.4 Å². The van der Waals surface area contributed by atoms with E-state index in [1.165, 1.54) is 134 Å². The van der Waals surface area contributed by atoms with Crippen molar-refractivity contribution in [1.82, 2.24) is 29.9 Å². The SMILES string of the molecule is CC(=O)c1sc2nc(-c3cccs3)cc(C(F)(F)F)c2c1N.CC(=O)c1sc2nc(C)c(CC(=O)c3ccccc3)c(C)c2c1N.CC(=O)c1sc2nc(C)ccc2c1N.CC(=O)c1sc2nc(N3CCOCC3)c3c(c2c1N)CCCC3.COCc1cc(C)nc2sc(C(C)=O)c(N)c12.COc1ccc(-c2c(C(C)=O)c(C)nc3sc(C(C)=O)c(N)c23)cc1. The Bertz CT molecular complexity index is 6780. The number of nitrogens with two attached hydrogens (primary N) is 6. The summed E-state index contributed by atoms with van der Waals surface area (Å²) in [7, 11) is 3.23. The molecule has 125 heavy (non-hydrogen) atoms. The van der Waals surface area contributed by atoms with Crippen LogP contribution < -0.4 is 44.0 Å². The van der Waals surface area contributed by atoms with Crippen molar-refractivity contribution in [2.75, 3.05) is 79.8 Å². The van der Waals surface area contributed by atoms with Gasteiger partial charge in [-0.3, -0.25) is 38.4 Å². The molecule has 0 unspecified atom stereocenters. The molecule has 648 valence electrons. The topological polar surface area (TPSA) is 401 Å². The van der Waals surface area contributed by atoms with Crippen LogP contribution in [-0.4, -0.2) is 117 Å². The molecule has 2 aromatic carbocycles. The second-order valence-corrected chi connectivity index (χ2v) is 36.6. The first-order valence-electron chi connectivity index (χ1n) is 39.3. The molecule has 0 bridgehead atoms. The summed E-state index contributed by atoms with van der Waals surface area (Å²) in [6.07, 6.45) is 0.159. The molecule has 14 heterocycles. The maximum atomic E-state index is 13.4. The van der Waals surface area contributed by atoms with E-state index in [2.05, 4.69) is 29.8 Å². The number of anilines is 7. The molecule has 1 fully saturated rings. The lowest BCUT2D eigenvalue weighted by molar-refractivity contribution is -0.136. The third-order valence-corrected chi connectivity index (χ3v) is 28.9. The number of aryl methyl sites for hydroxylation is 6. The number of alkyl halides is 3. The maximum absolute atomic E-state index is 13.4. The number of thiophene rings is 7. The van der Waals surface area contributed by atoms with Crippen LogP contribution >= 0.6 is 79.4 Å². The summed E-state index contributed by atoms with van der Waals surface area (Å²) in [6.45, 7) is 23.6. The van der Waals surface area contributed by atoms with E-state index in [1.54, 1.807) is 45.6 Å². The van der Waals surface area contributed by atoms with Gasteiger partial charge in [0.2, 0.25) is 0 Å². The molecule has 0 amide bonds. The Labute approximate surface area is 745 Å². The van der Waals surface area contributed by atoms with E-state index in [0.29, 0.717) is 91.3 Å². The van der Waals surface area contributed by atoms with Gasteiger partial charge in [0.1, 0.15) is 40.5 Å². The number of benzene rings is 2. The largest absolute Gasteiger partial charge is 0.497 e. The van der Waals surface area contributed by atoms with Crippen molar-refractivity contribution in [3.63, 3.8) is 0 Å². The lowest BCUT2D eigenvalue weighted by atomic mass is 9.89. The number of hydrogen-bond acceptors (Lipinski definition) is 31. The fourth-order valence-corrected chi connectivity index (χ4v) is 22.0. The molecule has 0 saturated carbocycles. The number of ether oxygens (including phenoxy) is 3. The maximum Gasteiger partial charge on any atom is 0.417 e. The van der Waals surface area contributed by atoms with Gasteiger partial charge in [-0.15, -0.1) is 79.4 Å². The number of carbonyl (C=O) groups is 8. The molecule has 1 aliphatic heterocycles. The molecule has 0 atom stereocenters. The summed E-state index contributed by atoms with van der Waals surface area (Å²) < 4.78 is 55.9. The van der Waals surface area contributed by atoms with Gasteiger partial charge in [-0.25, -0.2) is 29.9 Å². The highest BCUT2D eigenvalue weighted by molar-refractivity contribution is 7.23. The van der Waals surface area contributed by atoms with Crippen molar-refractivity contribution in [3.05, 3.63) is 193 Å². The number of nitrogen functional groups attached to an aromatic ring is 6. The smallest absolute Gasteiger partial charge is 0.417 e. The Balaban J connectivity index is 0.000000138. The zero-order chi connectivity index (χ0) is 90.6. The molecule has 15 aromatic rings. The van der Waals surface area contributed by atoms with E-state index < -0.39 is 11.7 Å². The molecule has 1 aliphatic carbocycles. The molecule has 2 aliphatic rings. The monoisotopic (exact) mass is 1820 g/mol. The normalized spacial score (nSPS) is 12.4. The molecule has 17 rings (SSSR count). The quantitative estimate of drug-likeness (QED) is 0.0489. The van der Waals surface area contributed by atoms with E-state index in [-0.39, 0.29) is 79.2 Å². The molecular weight excluding hydrogens is 1730 g/mol. The number of nitrogens with zero attached hydrogens (tertiary/aromatic N) is 7. The van der Waals surface area contributed by atoms with E-state index in [1.807, 2.05) is 100 Å². The van der Waals surface area contributed by atoms with Gasteiger partial charge < -0.3 is 53.5 Å². The standard InChI is InChI=1S/C19H18N2O3S.C19H18N2O2S.C17H21N3O2S.C14H9F3N2OS2.C12H14N2O2S.C10H10N2OS/c1-9-14(10(2)22)15(12-5-7-13(24-4)8-6-12)16-17(20)18(11(3)23)25-19(16)21-9;1-10-14(9-15(23)13-7-5-4-6-8-13)11(2)21-19-16(10)17(20)18(24-19)12(3)22;1-10(21)15-14(18)13-11-4-2-3-5-12(11)16(19-17(13)23-15)20-6-8-22-9-7-20;1-6(20)12-11(18)10-7(14(15,16)17)5-8(19-13(10)22-12)9-3-2-4-21-9;1-6-4-8(5-16-3)9-10(13)11(7(2)15)17-12(9)14-6;1-5-3-4-7-8(11)9(6(2)13)14-10(7)12-5/h5-8H,20H2,1-4H3;4-8H,9,20H2,1-3H3;2-9,18H2,1H3;2-5H,18H2,1H3;4H,5,13H2,1-3H3;3-4H,11H2,1-2H3. The summed E-state index contributed by atoms with van der Waals surface area (Å²) in [5, 5.41) is 5.80. The van der Waals surface area contributed by atoms with Crippen LogP contribution in [0, 0.1) is 34.6 Å². The van der Waals surface area contributed by atoms with E-state index in [9.17, 15) is 51.5 Å². The highest BCUT2D eigenvalue weighted by Crippen LogP contribution is 2.48. The van der Waals surface area contributed by atoms with Crippen molar-refractivity contribution in [2.45, 2.75) is 128 Å². The average Bonchev–Trinajstić information content (AvgIpc) is 1.80. The summed E-state index contributed by atoms with van der Waals surface area (Å²) in [5.41, 5.74) is 49.7. The van der Waals surface area contributed by atoms with Crippen LogP contribution in [0.25, 0.3) is 83.0 Å². The number of methoxy groups -OCH3 is 2. The van der Waals surface area contributed by atoms with Gasteiger partial charge in [-0.1, -0.05) is 48.5 Å². The minimum atomic E-state index is -4.57. The zero-order valence-corrected chi connectivity index (χ0v) is 76.6. The van der Waals surface area contributed by atoms with Gasteiger partial charge in [0, 0.05) is 134 Å². The fraction of sp³-hybridized carbons (Fsp3) is 0.275. The van der Waals surface area contributed by atoms with Gasteiger partial charge in [0.05, 0.1) is 112 Å². The highest BCUT2D eigenvalue weighted by atomic mass is 32.1. The van der Waals surface area contributed by atoms with Gasteiger partial charge in [-0.05, 0) is 148 Å². The number of morpholine rings is 1.